The third-order valence-electron chi connectivity index (χ3n) is 6.84. The second kappa shape index (κ2) is 15.5. The van der Waals surface area contributed by atoms with Gasteiger partial charge in [-0.15, -0.1) is 0 Å². The lowest BCUT2D eigenvalue weighted by Crippen LogP contribution is -2.52. The maximum atomic E-state index is 13.8. The van der Waals surface area contributed by atoms with Crippen LogP contribution in [-0.4, -0.2) is 50.1 Å². The molecule has 0 heterocycles. The summed E-state index contributed by atoms with van der Waals surface area (Å²) in [6, 6.07) is 31.0. The molecule has 218 valence electrons. The Balaban J connectivity index is 1.57. The highest BCUT2D eigenvalue weighted by Gasteiger charge is 2.30. The molecule has 0 aromatic heterocycles. The summed E-state index contributed by atoms with van der Waals surface area (Å²) in [4.78, 5) is 29.2. The quantitative estimate of drug-likeness (QED) is 0.204. The van der Waals surface area contributed by atoms with Crippen LogP contribution < -0.4 is 19.5 Å². The average Bonchev–Trinajstić information content (AvgIpc) is 3.03. The summed E-state index contributed by atoms with van der Waals surface area (Å²) < 4.78 is 16.3. The first-order chi connectivity index (χ1) is 20.5. The van der Waals surface area contributed by atoms with Crippen LogP contribution in [0.25, 0.3) is 0 Å². The van der Waals surface area contributed by atoms with E-state index in [0.29, 0.717) is 35.9 Å². The topological polar surface area (TPSA) is 77.1 Å². The molecule has 0 aliphatic heterocycles. The number of amides is 2. The second-order valence-electron chi connectivity index (χ2n) is 9.68. The number of para-hydroxylation sites is 1. The number of carbonyl (C=O) groups is 2. The molecule has 8 heteroatoms. The highest BCUT2D eigenvalue weighted by atomic mass is 35.5. The van der Waals surface area contributed by atoms with Crippen molar-refractivity contribution in [3.8, 4) is 17.2 Å². The molecular formula is C34H35ClN2O5. The molecule has 1 N–H and O–H groups in total. The van der Waals surface area contributed by atoms with Gasteiger partial charge >= 0.3 is 0 Å². The predicted molar refractivity (Wildman–Crippen MR) is 164 cm³/mol. The summed E-state index contributed by atoms with van der Waals surface area (Å²) in [7, 11) is 3.23. The van der Waals surface area contributed by atoms with Crippen molar-refractivity contribution in [1.82, 2.24) is 10.2 Å². The molecule has 0 aliphatic carbocycles. The van der Waals surface area contributed by atoms with E-state index in [1.165, 1.54) is 0 Å². The fraction of sp³-hybridized carbons (Fsp3) is 0.235. The van der Waals surface area contributed by atoms with Crippen molar-refractivity contribution in [1.29, 1.82) is 0 Å². The van der Waals surface area contributed by atoms with E-state index < -0.39 is 6.04 Å². The van der Waals surface area contributed by atoms with Crippen LogP contribution in [-0.2, 0) is 29.0 Å². The molecule has 0 saturated carbocycles. The maximum Gasteiger partial charge on any atom is 0.261 e. The minimum atomic E-state index is -0.785. The van der Waals surface area contributed by atoms with Crippen molar-refractivity contribution in [3.05, 3.63) is 125 Å². The summed E-state index contributed by atoms with van der Waals surface area (Å²) >= 11 is 6.26. The van der Waals surface area contributed by atoms with E-state index in [-0.39, 0.29) is 25.0 Å². The summed E-state index contributed by atoms with van der Waals surface area (Å²) in [6.07, 6.45) is 0.971. The van der Waals surface area contributed by atoms with Gasteiger partial charge in [-0.2, -0.15) is 0 Å². The Kier molecular flexibility index (Phi) is 11.2. The molecule has 0 fully saturated rings. The summed E-state index contributed by atoms with van der Waals surface area (Å²) in [5.41, 5.74) is 2.85. The van der Waals surface area contributed by atoms with Crippen LogP contribution in [0.4, 0.5) is 0 Å². The maximum absolute atomic E-state index is 13.8. The van der Waals surface area contributed by atoms with Crippen LogP contribution in [0.15, 0.2) is 103 Å². The molecule has 1 atom stereocenters. The van der Waals surface area contributed by atoms with Gasteiger partial charge in [-0.05, 0) is 59.5 Å². The van der Waals surface area contributed by atoms with E-state index >= 15 is 0 Å². The van der Waals surface area contributed by atoms with Gasteiger partial charge < -0.3 is 24.4 Å². The fourth-order valence-corrected chi connectivity index (χ4v) is 4.70. The smallest absolute Gasteiger partial charge is 0.261 e. The van der Waals surface area contributed by atoms with Gasteiger partial charge in [-0.3, -0.25) is 9.59 Å². The summed E-state index contributed by atoms with van der Waals surface area (Å²) in [6.45, 7) is 0.347. The molecule has 4 aromatic rings. The third-order valence-corrected chi connectivity index (χ3v) is 7.16. The van der Waals surface area contributed by atoms with E-state index in [1.54, 1.807) is 43.4 Å². The molecule has 42 heavy (non-hydrogen) atoms. The molecule has 0 unspecified atom stereocenters. The average molecular weight is 587 g/mol. The molecule has 0 spiro atoms. The third kappa shape index (κ3) is 8.75. The van der Waals surface area contributed by atoms with E-state index in [1.807, 2.05) is 78.9 Å². The number of nitrogens with one attached hydrogen (secondary N) is 1. The minimum absolute atomic E-state index is 0.206. The number of hydrogen-bond donors (Lipinski definition) is 1. The molecule has 4 rings (SSSR count). The summed E-state index contributed by atoms with van der Waals surface area (Å²) in [5, 5.41) is 3.46. The van der Waals surface area contributed by atoms with E-state index in [2.05, 4.69) is 5.32 Å². The number of halogens is 1. The number of ether oxygens (including phenoxy) is 3. The van der Waals surface area contributed by atoms with Gasteiger partial charge in [0, 0.05) is 19.5 Å². The summed E-state index contributed by atoms with van der Waals surface area (Å²) in [5.74, 6) is 1.30. The number of hydrogen-bond acceptors (Lipinski definition) is 5. The van der Waals surface area contributed by atoms with Crippen molar-refractivity contribution in [2.45, 2.75) is 25.4 Å². The molecule has 4 aromatic carbocycles. The largest absolute Gasteiger partial charge is 0.497 e. The van der Waals surface area contributed by atoms with Crippen LogP contribution in [0.1, 0.15) is 16.7 Å². The van der Waals surface area contributed by atoms with Crippen LogP contribution in [0.2, 0.25) is 5.02 Å². The number of carbonyl (C=O) groups excluding carboxylic acids is 2. The number of rotatable bonds is 14. The molecule has 7 nitrogen and oxygen atoms in total. The standard InChI is InChI=1S/C34H35ClN2O5/c1-40-28-16-12-25(13-17-28)20-21-36-34(39)31(22-26-8-4-3-5-9-26)37(23-27-14-18-29(41-2)19-15-27)33(38)24-42-32-11-7-6-10-30(32)35/h3-19,31H,20-24H2,1-2H3,(H,36,39)/t31-/m0/s1. The molecule has 0 radical (unpaired) electrons. The lowest BCUT2D eigenvalue weighted by Gasteiger charge is -2.31. The Bertz CT molecular complexity index is 1430. The zero-order valence-corrected chi connectivity index (χ0v) is 24.6. The molecule has 0 bridgehead atoms. The van der Waals surface area contributed by atoms with E-state index in [4.69, 9.17) is 25.8 Å². The van der Waals surface area contributed by atoms with Crippen molar-refractivity contribution >= 4 is 23.4 Å². The van der Waals surface area contributed by atoms with E-state index in [9.17, 15) is 9.59 Å². The van der Waals surface area contributed by atoms with Gasteiger partial charge in [-0.1, -0.05) is 78.3 Å². The first-order valence-electron chi connectivity index (χ1n) is 13.7. The van der Waals surface area contributed by atoms with Crippen LogP contribution >= 0.6 is 11.6 Å². The molecule has 2 amide bonds. The van der Waals surface area contributed by atoms with Crippen LogP contribution in [0, 0.1) is 0 Å². The van der Waals surface area contributed by atoms with Gasteiger partial charge in [0.15, 0.2) is 6.61 Å². The van der Waals surface area contributed by atoms with Gasteiger partial charge in [0.25, 0.3) is 5.91 Å². The zero-order chi connectivity index (χ0) is 29.7. The molecule has 0 saturated heterocycles. The lowest BCUT2D eigenvalue weighted by molar-refractivity contribution is -0.142. The highest BCUT2D eigenvalue weighted by molar-refractivity contribution is 6.32. The molecular weight excluding hydrogens is 552 g/mol. The van der Waals surface area contributed by atoms with Crippen LogP contribution in [0.5, 0.6) is 17.2 Å². The monoisotopic (exact) mass is 586 g/mol. The van der Waals surface area contributed by atoms with Gasteiger partial charge in [-0.25, -0.2) is 0 Å². The zero-order valence-electron chi connectivity index (χ0n) is 23.8. The SMILES string of the molecule is COc1ccc(CCNC(=O)[C@H](Cc2ccccc2)N(Cc2ccc(OC)cc2)C(=O)COc2ccccc2Cl)cc1. The van der Waals surface area contributed by atoms with Crippen molar-refractivity contribution in [2.75, 3.05) is 27.4 Å². The van der Waals surface area contributed by atoms with Gasteiger partial charge in [0.1, 0.15) is 23.3 Å². The Hall–Kier alpha value is -4.49. The Morgan fingerprint density at radius 1 is 0.762 bits per heavy atom. The highest BCUT2D eigenvalue weighted by Crippen LogP contribution is 2.24. The normalized spacial score (nSPS) is 11.3. The first-order valence-corrected chi connectivity index (χ1v) is 14.1. The Morgan fingerprint density at radius 3 is 1.98 bits per heavy atom. The van der Waals surface area contributed by atoms with Gasteiger partial charge in [0.05, 0.1) is 19.2 Å². The van der Waals surface area contributed by atoms with Crippen molar-refractivity contribution in [3.63, 3.8) is 0 Å². The predicted octanol–water partition coefficient (Wildman–Crippen LogP) is 5.74. The van der Waals surface area contributed by atoms with Gasteiger partial charge in [0.2, 0.25) is 5.91 Å². The lowest BCUT2D eigenvalue weighted by atomic mass is 10.0. The number of nitrogens with zero attached hydrogens (tertiary/aromatic N) is 1. The Labute approximate surface area is 252 Å². The minimum Gasteiger partial charge on any atom is -0.497 e. The van der Waals surface area contributed by atoms with Crippen LogP contribution in [0.3, 0.4) is 0 Å². The second-order valence-corrected chi connectivity index (χ2v) is 10.1. The van der Waals surface area contributed by atoms with Crippen molar-refractivity contribution in [2.24, 2.45) is 0 Å². The van der Waals surface area contributed by atoms with E-state index in [0.717, 1.165) is 22.4 Å². The molecule has 0 aliphatic rings. The van der Waals surface area contributed by atoms with Crippen molar-refractivity contribution < 1.29 is 23.8 Å². The Morgan fingerprint density at radius 2 is 1.36 bits per heavy atom. The fourth-order valence-electron chi connectivity index (χ4n) is 4.51. The number of methoxy groups -OCH3 is 2. The first kappa shape index (κ1) is 30.5. The number of benzene rings is 4.